The van der Waals surface area contributed by atoms with Gasteiger partial charge in [0.05, 0.1) is 0 Å². The molecule has 3 aliphatic rings. The van der Waals surface area contributed by atoms with Crippen molar-refractivity contribution in [3.05, 3.63) is 179 Å². The van der Waals surface area contributed by atoms with E-state index in [1.54, 1.807) is 0 Å². The van der Waals surface area contributed by atoms with E-state index < -0.39 is 0 Å². The van der Waals surface area contributed by atoms with Gasteiger partial charge in [0.15, 0.2) is 0 Å². The first kappa shape index (κ1) is 35.8. The molecular weight excluding hydrogens is 679 g/mol. The summed E-state index contributed by atoms with van der Waals surface area (Å²) in [6.07, 6.45) is 27.8. The maximum Gasteiger partial charge on any atom is 0.144 e. The average molecular weight is 730 g/mol. The molecule has 0 saturated carbocycles. The van der Waals surface area contributed by atoms with Gasteiger partial charge < -0.3 is 9.32 Å². The number of fused-ring (bicyclic) bond motifs is 10. The molecule has 0 saturated heterocycles. The first-order valence-corrected chi connectivity index (χ1v) is 20.4. The fourth-order valence-corrected chi connectivity index (χ4v) is 9.67. The molecule has 2 heteroatoms. The Balaban J connectivity index is 1.23. The summed E-state index contributed by atoms with van der Waals surface area (Å²) in [5.74, 6) is 0.490. The van der Waals surface area contributed by atoms with Crippen molar-refractivity contribution in [2.45, 2.75) is 72.1 Å². The SMILES string of the molecule is C=C(/C=C\C[C@@H](C)C1=CC=CCC1)N(c1ccc(C)c(/C=C\C)c1)c1ccc2oc3c4c(c5ccccc5c3c2c1)C(C)(C)c1c(C2=CC=CCC2)cccc1-4. The molecule has 0 spiro atoms. The first-order chi connectivity index (χ1) is 27.3. The molecule has 278 valence electrons. The maximum atomic E-state index is 7.06. The summed E-state index contributed by atoms with van der Waals surface area (Å²) in [6.45, 7) is 16.1. The molecule has 0 radical (unpaired) electrons. The van der Waals surface area contributed by atoms with E-state index in [0.717, 1.165) is 65.7 Å². The number of benzene rings is 5. The van der Waals surface area contributed by atoms with Crippen LogP contribution in [0.15, 0.2) is 156 Å². The Morgan fingerprint density at radius 2 is 1.59 bits per heavy atom. The lowest BCUT2D eigenvalue weighted by atomic mass is 9.76. The van der Waals surface area contributed by atoms with Gasteiger partial charge in [0.2, 0.25) is 0 Å². The predicted octanol–water partition coefficient (Wildman–Crippen LogP) is 15.6. The van der Waals surface area contributed by atoms with Gasteiger partial charge in [-0.15, -0.1) is 0 Å². The number of anilines is 2. The third-order valence-electron chi connectivity index (χ3n) is 12.4. The van der Waals surface area contributed by atoms with Gasteiger partial charge in [-0.3, -0.25) is 0 Å². The number of nitrogens with zero attached hydrogens (tertiary/aromatic N) is 1. The minimum atomic E-state index is -0.208. The maximum absolute atomic E-state index is 7.06. The highest BCUT2D eigenvalue weighted by Gasteiger charge is 2.41. The van der Waals surface area contributed by atoms with Gasteiger partial charge in [0.25, 0.3) is 0 Å². The minimum Gasteiger partial charge on any atom is -0.455 e. The zero-order valence-corrected chi connectivity index (χ0v) is 33.5. The van der Waals surface area contributed by atoms with Gasteiger partial charge in [0.1, 0.15) is 11.2 Å². The minimum absolute atomic E-state index is 0.208. The van der Waals surface area contributed by atoms with Gasteiger partial charge in [-0.1, -0.05) is 136 Å². The van der Waals surface area contributed by atoms with Crippen molar-refractivity contribution in [2.75, 3.05) is 4.90 Å². The Labute approximate surface area is 332 Å². The van der Waals surface area contributed by atoms with E-state index in [2.05, 4.69) is 179 Å². The smallest absolute Gasteiger partial charge is 0.144 e. The average Bonchev–Trinajstić information content (AvgIpc) is 3.72. The number of hydrogen-bond donors (Lipinski definition) is 0. The Kier molecular flexibility index (Phi) is 9.17. The number of furan rings is 1. The van der Waals surface area contributed by atoms with Gasteiger partial charge in [0, 0.05) is 38.8 Å². The van der Waals surface area contributed by atoms with E-state index in [0.29, 0.717) is 5.92 Å². The molecule has 0 amide bonds. The van der Waals surface area contributed by atoms with Crippen LogP contribution in [-0.2, 0) is 5.41 Å². The molecule has 1 atom stereocenters. The van der Waals surface area contributed by atoms with Crippen LogP contribution in [-0.4, -0.2) is 0 Å². The largest absolute Gasteiger partial charge is 0.455 e. The number of rotatable bonds is 9. The standard InChI is InChI=1S/C54H51NO/c1-7-18-40-33-41(30-29-36(40)3)55(37(4)20-16-19-35(2)38-21-10-8-11-22-38)42-31-32-48-47(34-42)49-44-25-14-15-26-45(44)52-50(53(49)56-48)46-28-17-27-43(51(46)54(52,5)6)39-23-12-9-13-24-39/h7-10,12,14-18,20-21,23,25-35H,4,11,13,19,22,24H2,1-3,5-6H3/b18-7-,20-16-/t35-/m1/s1. The number of allylic oxidation sites excluding steroid dienone is 11. The highest BCUT2D eigenvalue weighted by atomic mass is 16.3. The predicted molar refractivity (Wildman–Crippen MR) is 242 cm³/mol. The Morgan fingerprint density at radius 3 is 2.36 bits per heavy atom. The third kappa shape index (κ3) is 5.95. The fourth-order valence-electron chi connectivity index (χ4n) is 9.67. The molecule has 0 bridgehead atoms. The summed E-state index contributed by atoms with van der Waals surface area (Å²) in [4.78, 5) is 2.31. The monoisotopic (exact) mass is 729 g/mol. The third-order valence-corrected chi connectivity index (χ3v) is 12.4. The van der Waals surface area contributed by atoms with Crippen molar-refractivity contribution in [1.82, 2.24) is 0 Å². The van der Waals surface area contributed by atoms with Crippen molar-refractivity contribution in [3.63, 3.8) is 0 Å². The number of hydrogen-bond acceptors (Lipinski definition) is 2. The van der Waals surface area contributed by atoms with Crippen LogP contribution in [0.5, 0.6) is 0 Å². The summed E-state index contributed by atoms with van der Waals surface area (Å²) in [7, 11) is 0. The van der Waals surface area contributed by atoms with Crippen molar-refractivity contribution in [2.24, 2.45) is 5.92 Å². The van der Waals surface area contributed by atoms with Crippen molar-refractivity contribution >= 4 is 55.7 Å². The molecule has 56 heavy (non-hydrogen) atoms. The highest BCUT2D eigenvalue weighted by molar-refractivity contribution is 6.25. The molecular formula is C54H51NO. The summed E-state index contributed by atoms with van der Waals surface area (Å²) in [5, 5.41) is 4.82. The Bertz CT molecular complexity index is 2750. The zero-order valence-electron chi connectivity index (χ0n) is 33.5. The number of aryl methyl sites for hydroxylation is 1. The molecule has 9 rings (SSSR count). The Morgan fingerprint density at radius 1 is 0.839 bits per heavy atom. The molecule has 1 heterocycles. The quantitative estimate of drug-likeness (QED) is 0.138. The fraction of sp³-hybridized carbons (Fsp3) is 0.222. The zero-order chi connectivity index (χ0) is 38.6. The second-order valence-corrected chi connectivity index (χ2v) is 16.4. The Hall–Kier alpha value is -5.86. The normalized spacial score (nSPS) is 16.5. The van der Waals surface area contributed by atoms with Crippen LogP contribution in [0.3, 0.4) is 0 Å². The van der Waals surface area contributed by atoms with Crippen molar-refractivity contribution in [1.29, 1.82) is 0 Å². The first-order valence-electron chi connectivity index (χ1n) is 20.4. The van der Waals surface area contributed by atoms with Crippen LogP contribution in [0.4, 0.5) is 11.4 Å². The second kappa shape index (κ2) is 14.3. The van der Waals surface area contributed by atoms with E-state index in [9.17, 15) is 0 Å². The van der Waals surface area contributed by atoms with Crippen molar-refractivity contribution < 1.29 is 4.42 Å². The van der Waals surface area contributed by atoms with E-state index in [1.807, 2.05) is 0 Å². The lowest BCUT2D eigenvalue weighted by molar-refractivity contribution is 0.653. The lowest BCUT2D eigenvalue weighted by Gasteiger charge is -2.27. The lowest BCUT2D eigenvalue weighted by Crippen LogP contribution is -2.18. The van der Waals surface area contributed by atoms with Crippen LogP contribution in [0.2, 0.25) is 0 Å². The molecule has 5 aromatic carbocycles. The highest BCUT2D eigenvalue weighted by Crippen LogP contribution is 2.58. The molecule has 1 aromatic heterocycles. The van der Waals surface area contributed by atoms with E-state index >= 15 is 0 Å². The van der Waals surface area contributed by atoms with E-state index in [4.69, 9.17) is 11.0 Å². The molecule has 0 N–H and O–H groups in total. The topological polar surface area (TPSA) is 16.4 Å². The molecule has 6 aromatic rings. The van der Waals surface area contributed by atoms with Crippen LogP contribution >= 0.6 is 0 Å². The van der Waals surface area contributed by atoms with E-state index in [-0.39, 0.29) is 5.41 Å². The summed E-state index contributed by atoms with van der Waals surface area (Å²) in [6, 6.07) is 29.3. The second-order valence-electron chi connectivity index (χ2n) is 16.4. The van der Waals surface area contributed by atoms with Crippen LogP contribution in [0.1, 0.15) is 87.6 Å². The van der Waals surface area contributed by atoms with Crippen LogP contribution in [0.25, 0.3) is 55.5 Å². The van der Waals surface area contributed by atoms with E-state index in [1.165, 1.54) is 66.2 Å². The molecule has 3 aliphatic carbocycles. The van der Waals surface area contributed by atoms with Gasteiger partial charge in [-0.2, -0.15) is 0 Å². The summed E-state index contributed by atoms with van der Waals surface area (Å²) >= 11 is 0. The summed E-state index contributed by atoms with van der Waals surface area (Å²) in [5.41, 5.74) is 16.8. The van der Waals surface area contributed by atoms with Crippen LogP contribution in [0, 0.1) is 12.8 Å². The molecule has 0 aliphatic heterocycles. The van der Waals surface area contributed by atoms with Crippen molar-refractivity contribution in [3.8, 4) is 11.1 Å². The van der Waals surface area contributed by atoms with Gasteiger partial charge >= 0.3 is 0 Å². The molecule has 2 nitrogen and oxygen atoms in total. The molecule has 0 fully saturated rings. The van der Waals surface area contributed by atoms with Gasteiger partial charge in [-0.05, 0) is 138 Å². The van der Waals surface area contributed by atoms with Crippen LogP contribution < -0.4 is 4.90 Å². The van der Waals surface area contributed by atoms with Gasteiger partial charge in [-0.25, -0.2) is 0 Å². The summed E-state index contributed by atoms with van der Waals surface area (Å²) < 4.78 is 7.06. The molecule has 0 unspecified atom stereocenters.